The van der Waals surface area contributed by atoms with Crippen LogP contribution in [0.5, 0.6) is 17.2 Å². The molecule has 8 heteroatoms. The van der Waals surface area contributed by atoms with Crippen LogP contribution < -0.4 is 14.2 Å². The van der Waals surface area contributed by atoms with E-state index in [1.54, 1.807) is 56.7 Å². The number of aryl methyl sites for hydroxylation is 1. The Morgan fingerprint density at radius 2 is 1.67 bits per heavy atom. The Morgan fingerprint density at radius 3 is 2.36 bits per heavy atom. The first-order chi connectivity index (χ1) is 20.4. The molecule has 0 bridgehead atoms. The number of ketones is 1. The Hall–Kier alpha value is -4.30. The molecule has 42 heavy (non-hydrogen) atoms. The number of hydrogen-bond acceptors (Lipinski definition) is 7. The van der Waals surface area contributed by atoms with E-state index in [4.69, 9.17) is 18.9 Å². The van der Waals surface area contributed by atoms with Crippen molar-refractivity contribution in [1.82, 2.24) is 4.90 Å². The molecule has 1 fully saturated rings. The number of amides is 1. The van der Waals surface area contributed by atoms with Gasteiger partial charge in [-0.05, 0) is 72.9 Å². The zero-order valence-corrected chi connectivity index (χ0v) is 24.7. The molecule has 3 aromatic carbocycles. The Balaban J connectivity index is 1.67. The topological polar surface area (TPSA) is 94.5 Å². The van der Waals surface area contributed by atoms with E-state index in [0.29, 0.717) is 54.6 Å². The second-order valence-electron chi connectivity index (χ2n) is 10.2. The molecule has 0 saturated carbocycles. The fourth-order valence-electron chi connectivity index (χ4n) is 4.93. The van der Waals surface area contributed by atoms with Crippen LogP contribution in [0.1, 0.15) is 54.5 Å². The highest BCUT2D eigenvalue weighted by Crippen LogP contribution is 2.42. The molecule has 3 aromatic rings. The van der Waals surface area contributed by atoms with Crippen LogP contribution in [0.2, 0.25) is 0 Å². The van der Waals surface area contributed by atoms with Gasteiger partial charge in [-0.15, -0.1) is 0 Å². The number of carbonyl (C=O) groups is 2. The zero-order valence-electron chi connectivity index (χ0n) is 24.7. The number of nitrogens with zero attached hydrogens (tertiary/aromatic N) is 1. The Morgan fingerprint density at radius 1 is 0.905 bits per heavy atom. The molecule has 1 aliphatic heterocycles. The van der Waals surface area contributed by atoms with Gasteiger partial charge in [-0.2, -0.15) is 0 Å². The van der Waals surface area contributed by atoms with Crippen LogP contribution in [-0.2, 0) is 20.9 Å². The first-order valence-corrected chi connectivity index (χ1v) is 14.2. The van der Waals surface area contributed by atoms with Gasteiger partial charge in [0.2, 0.25) is 0 Å². The van der Waals surface area contributed by atoms with E-state index in [-0.39, 0.29) is 17.9 Å². The average Bonchev–Trinajstić information content (AvgIpc) is 3.26. The summed E-state index contributed by atoms with van der Waals surface area (Å²) in [7, 11) is 3.13. The van der Waals surface area contributed by atoms with Crippen molar-refractivity contribution in [3.63, 3.8) is 0 Å². The van der Waals surface area contributed by atoms with Gasteiger partial charge >= 0.3 is 0 Å². The maximum atomic E-state index is 13.4. The molecule has 1 N–H and O–H groups in total. The highest BCUT2D eigenvalue weighted by Gasteiger charge is 2.46. The average molecular weight is 574 g/mol. The lowest BCUT2D eigenvalue weighted by atomic mass is 9.95. The number of rotatable bonds is 14. The van der Waals surface area contributed by atoms with E-state index in [1.807, 2.05) is 31.2 Å². The summed E-state index contributed by atoms with van der Waals surface area (Å²) in [5, 5.41) is 11.4. The maximum absolute atomic E-state index is 13.4. The molecule has 222 valence electrons. The minimum atomic E-state index is -0.808. The number of ether oxygens (including phenoxy) is 4. The number of aliphatic hydroxyl groups is 1. The molecule has 0 spiro atoms. The van der Waals surface area contributed by atoms with Crippen molar-refractivity contribution in [2.75, 3.05) is 34.0 Å². The number of Topliss-reactive ketones (excluding diaryl/α,β-unsaturated/α-hetero) is 1. The first kappa shape index (κ1) is 30.7. The molecule has 1 aliphatic rings. The number of benzene rings is 3. The lowest BCUT2D eigenvalue weighted by Crippen LogP contribution is -2.31. The van der Waals surface area contributed by atoms with Gasteiger partial charge in [0.25, 0.3) is 11.7 Å². The quantitative estimate of drug-likeness (QED) is 0.106. The Kier molecular flexibility index (Phi) is 10.6. The van der Waals surface area contributed by atoms with Crippen molar-refractivity contribution >= 4 is 17.4 Å². The summed E-state index contributed by atoms with van der Waals surface area (Å²) in [4.78, 5) is 28.1. The highest BCUT2D eigenvalue weighted by atomic mass is 16.5. The van der Waals surface area contributed by atoms with Crippen molar-refractivity contribution in [1.29, 1.82) is 0 Å². The van der Waals surface area contributed by atoms with Crippen LogP contribution in [0, 0.1) is 6.92 Å². The SMILES string of the molecule is CCCCOc1ccc(C2/C(=C(\O)c3ccc(OCc4ccccc4C)cc3)C(=O)C(=O)N2CCCOC)cc1OC. The zero-order chi connectivity index (χ0) is 30.1. The molecule has 1 amide bonds. The van der Waals surface area contributed by atoms with Gasteiger partial charge in [0.1, 0.15) is 18.1 Å². The molecule has 0 radical (unpaired) electrons. The van der Waals surface area contributed by atoms with Gasteiger partial charge in [-0.25, -0.2) is 0 Å². The molecule has 1 heterocycles. The van der Waals surface area contributed by atoms with Crippen molar-refractivity contribution in [2.45, 2.75) is 45.8 Å². The second-order valence-corrected chi connectivity index (χ2v) is 10.2. The summed E-state index contributed by atoms with van der Waals surface area (Å²) in [5.41, 5.74) is 3.28. The Labute approximate surface area is 247 Å². The molecule has 4 rings (SSSR count). The van der Waals surface area contributed by atoms with E-state index in [1.165, 1.54) is 4.90 Å². The molecule has 1 unspecified atom stereocenters. The lowest BCUT2D eigenvalue weighted by Gasteiger charge is -2.26. The van der Waals surface area contributed by atoms with E-state index in [2.05, 4.69) is 6.92 Å². The smallest absolute Gasteiger partial charge is 0.295 e. The van der Waals surface area contributed by atoms with Crippen molar-refractivity contribution in [2.24, 2.45) is 0 Å². The fraction of sp³-hybridized carbons (Fsp3) is 0.353. The Bertz CT molecular complexity index is 1410. The standard InChI is InChI=1S/C34H39NO7/c1-5-6-20-41-28-17-14-25(21-29(28)40-4)31-30(33(37)34(38)35(31)18-9-19-39-3)32(36)24-12-15-27(16-13-24)42-22-26-11-8-7-10-23(26)2/h7-8,10-17,21,31,36H,5-6,9,18-20,22H2,1-4H3/b32-30+. The molecule has 1 atom stereocenters. The van der Waals surface area contributed by atoms with E-state index in [9.17, 15) is 14.7 Å². The summed E-state index contributed by atoms with van der Waals surface area (Å²) in [6.45, 7) is 5.78. The first-order valence-electron chi connectivity index (χ1n) is 14.2. The van der Waals surface area contributed by atoms with Crippen molar-refractivity contribution < 1.29 is 33.6 Å². The number of aliphatic hydroxyl groups excluding tert-OH is 1. The van der Waals surface area contributed by atoms with Gasteiger partial charge in [0.05, 0.1) is 25.3 Å². The van der Waals surface area contributed by atoms with Crippen molar-refractivity contribution in [3.05, 3.63) is 94.6 Å². The fourth-order valence-corrected chi connectivity index (χ4v) is 4.93. The van der Waals surface area contributed by atoms with Crippen molar-refractivity contribution in [3.8, 4) is 17.2 Å². The lowest BCUT2D eigenvalue weighted by molar-refractivity contribution is -0.140. The predicted octanol–water partition coefficient (Wildman–Crippen LogP) is 6.22. The molecule has 1 saturated heterocycles. The van der Waals surface area contributed by atoms with Crippen LogP contribution in [-0.4, -0.2) is 55.7 Å². The van der Waals surface area contributed by atoms with Gasteiger partial charge in [-0.3, -0.25) is 9.59 Å². The van der Waals surface area contributed by atoms with E-state index in [0.717, 1.165) is 24.0 Å². The summed E-state index contributed by atoms with van der Waals surface area (Å²) < 4.78 is 22.6. The number of likely N-dealkylation sites (tertiary alicyclic amines) is 1. The highest BCUT2D eigenvalue weighted by molar-refractivity contribution is 6.46. The minimum absolute atomic E-state index is 0.0210. The van der Waals surface area contributed by atoms with Gasteiger partial charge < -0.3 is 29.0 Å². The third-order valence-corrected chi connectivity index (χ3v) is 7.33. The summed E-state index contributed by atoms with van der Waals surface area (Å²) in [5.74, 6) is 0.0266. The number of hydrogen-bond donors (Lipinski definition) is 1. The second kappa shape index (κ2) is 14.5. The monoisotopic (exact) mass is 573 g/mol. The predicted molar refractivity (Wildman–Crippen MR) is 161 cm³/mol. The molecule has 0 aromatic heterocycles. The van der Waals surface area contributed by atoms with E-state index < -0.39 is 17.7 Å². The maximum Gasteiger partial charge on any atom is 0.295 e. The van der Waals surface area contributed by atoms with Crippen LogP contribution in [0.3, 0.4) is 0 Å². The van der Waals surface area contributed by atoms with Gasteiger partial charge in [-0.1, -0.05) is 43.7 Å². The largest absolute Gasteiger partial charge is 0.507 e. The normalized spacial score (nSPS) is 16.1. The molecule has 0 aliphatic carbocycles. The van der Waals surface area contributed by atoms with Crippen LogP contribution in [0.4, 0.5) is 0 Å². The molecule has 8 nitrogen and oxygen atoms in total. The number of methoxy groups -OCH3 is 2. The molecular formula is C34H39NO7. The van der Waals surface area contributed by atoms with Gasteiger partial charge in [0.15, 0.2) is 11.5 Å². The van der Waals surface area contributed by atoms with Crippen LogP contribution in [0.15, 0.2) is 72.3 Å². The summed E-state index contributed by atoms with van der Waals surface area (Å²) in [6.07, 6.45) is 2.43. The van der Waals surface area contributed by atoms with Crippen LogP contribution in [0.25, 0.3) is 5.76 Å². The summed E-state index contributed by atoms with van der Waals surface area (Å²) in [6, 6.07) is 19.4. The third-order valence-electron chi connectivity index (χ3n) is 7.33. The van der Waals surface area contributed by atoms with E-state index >= 15 is 0 Å². The van der Waals surface area contributed by atoms with Crippen LogP contribution >= 0.6 is 0 Å². The molecular weight excluding hydrogens is 534 g/mol. The number of carbonyl (C=O) groups excluding carboxylic acids is 2. The summed E-state index contributed by atoms with van der Waals surface area (Å²) >= 11 is 0. The minimum Gasteiger partial charge on any atom is -0.507 e. The number of unbranched alkanes of at least 4 members (excludes halogenated alkanes) is 1. The third kappa shape index (κ3) is 6.94. The van der Waals surface area contributed by atoms with Gasteiger partial charge in [0, 0.05) is 25.8 Å².